The summed E-state index contributed by atoms with van der Waals surface area (Å²) < 4.78 is 0. The molecule has 1 atom stereocenters. The summed E-state index contributed by atoms with van der Waals surface area (Å²) in [5, 5.41) is 8.56. The van der Waals surface area contributed by atoms with Crippen molar-refractivity contribution in [2.45, 2.75) is 25.7 Å². The quantitative estimate of drug-likeness (QED) is 0.516. The molecule has 1 saturated carbocycles. The maximum absolute atomic E-state index is 10.4. The first kappa shape index (κ1) is 9.04. The van der Waals surface area contributed by atoms with Gasteiger partial charge in [0.1, 0.15) is 0 Å². The van der Waals surface area contributed by atoms with Gasteiger partial charge in [0.15, 0.2) is 0 Å². The van der Waals surface area contributed by atoms with E-state index in [0.717, 1.165) is 31.3 Å². The molecule has 0 aromatic carbocycles. The molecular weight excluding hydrogens is 152 g/mol. The molecule has 0 aliphatic heterocycles. The van der Waals surface area contributed by atoms with Crippen LogP contribution >= 0.6 is 0 Å². The first-order valence-corrected chi connectivity index (χ1v) is 4.28. The highest BCUT2D eigenvalue weighted by atomic mass is 16.4. The fourth-order valence-corrected chi connectivity index (χ4v) is 1.76. The lowest BCUT2D eigenvalue weighted by atomic mass is 9.99. The smallest absolute Gasteiger partial charge is 0.328 e. The monoisotopic (exact) mass is 166 g/mol. The maximum atomic E-state index is 10.4. The Morgan fingerprint density at radius 2 is 2.50 bits per heavy atom. The number of aliphatic carboxylic acids is 1. The summed E-state index contributed by atoms with van der Waals surface area (Å²) in [4.78, 5) is 10.4. The van der Waals surface area contributed by atoms with Gasteiger partial charge in [0.2, 0.25) is 0 Å². The zero-order chi connectivity index (χ0) is 8.97. The van der Waals surface area contributed by atoms with Crippen LogP contribution in [0.15, 0.2) is 24.3 Å². The van der Waals surface area contributed by atoms with Crippen LogP contribution in [0.2, 0.25) is 0 Å². The number of allylic oxidation sites excluding steroid dienone is 2. The van der Waals surface area contributed by atoms with Crippen molar-refractivity contribution in [1.29, 1.82) is 0 Å². The summed E-state index contributed by atoms with van der Waals surface area (Å²) in [5.74, 6) is -0.375. The summed E-state index contributed by atoms with van der Waals surface area (Å²) in [6, 6.07) is 0. The van der Waals surface area contributed by atoms with Crippen molar-refractivity contribution in [3.63, 3.8) is 0 Å². The molecule has 0 spiro atoms. The average molecular weight is 166 g/mol. The zero-order valence-electron chi connectivity index (χ0n) is 7.12. The molecule has 0 saturated heterocycles. The van der Waals surface area contributed by atoms with Gasteiger partial charge in [0.25, 0.3) is 0 Å². The second kappa shape index (κ2) is 4.10. The Morgan fingerprint density at radius 3 is 3.08 bits per heavy atom. The molecule has 1 fully saturated rings. The number of hydrogen-bond acceptors (Lipinski definition) is 1. The van der Waals surface area contributed by atoms with E-state index in [-0.39, 0.29) is 0 Å². The Morgan fingerprint density at radius 1 is 1.75 bits per heavy atom. The fourth-order valence-electron chi connectivity index (χ4n) is 1.76. The molecule has 0 bridgehead atoms. The van der Waals surface area contributed by atoms with Gasteiger partial charge in [0.05, 0.1) is 0 Å². The largest absolute Gasteiger partial charge is 0.478 e. The van der Waals surface area contributed by atoms with Crippen LogP contribution < -0.4 is 0 Å². The number of carbonyl (C=O) groups is 1. The third-order valence-corrected chi connectivity index (χ3v) is 2.30. The molecule has 0 radical (unpaired) electrons. The molecule has 0 aromatic rings. The van der Waals surface area contributed by atoms with Crippen molar-refractivity contribution in [3.05, 3.63) is 24.3 Å². The van der Waals surface area contributed by atoms with Crippen molar-refractivity contribution in [2.75, 3.05) is 0 Å². The second-order valence-corrected chi connectivity index (χ2v) is 3.17. The van der Waals surface area contributed by atoms with Crippen LogP contribution in [0.3, 0.4) is 0 Å². The van der Waals surface area contributed by atoms with Gasteiger partial charge in [-0.25, -0.2) is 4.79 Å². The van der Waals surface area contributed by atoms with Gasteiger partial charge < -0.3 is 5.11 Å². The highest BCUT2D eigenvalue weighted by molar-refractivity contribution is 5.80. The Kier molecular flexibility index (Phi) is 3.09. The standard InChI is InChI=1S/C10H14O2/c1-2-4-8-5-3-6-9(8)7-10(11)12/h2,7-8H,1,3-6H2,(H,11,12)/b9-7+. The lowest BCUT2D eigenvalue weighted by molar-refractivity contribution is -0.131. The van der Waals surface area contributed by atoms with E-state index in [1.165, 1.54) is 6.08 Å². The van der Waals surface area contributed by atoms with Crippen LogP contribution in [0, 0.1) is 5.92 Å². The molecule has 1 unspecified atom stereocenters. The van der Waals surface area contributed by atoms with Crippen molar-refractivity contribution >= 4 is 5.97 Å². The van der Waals surface area contributed by atoms with Crippen molar-refractivity contribution in [1.82, 2.24) is 0 Å². The first-order chi connectivity index (χ1) is 5.74. The molecule has 1 N–H and O–H groups in total. The predicted octanol–water partition coefficient (Wildman–Crippen LogP) is 2.37. The number of carboxylic acids is 1. The summed E-state index contributed by atoms with van der Waals surface area (Å²) in [6.07, 6.45) is 7.33. The third kappa shape index (κ3) is 2.22. The molecule has 0 amide bonds. The van der Waals surface area contributed by atoms with Crippen LogP contribution in [0.25, 0.3) is 0 Å². The Labute approximate surface area is 72.6 Å². The van der Waals surface area contributed by atoms with E-state index in [4.69, 9.17) is 5.11 Å². The van der Waals surface area contributed by atoms with E-state index < -0.39 is 5.97 Å². The minimum atomic E-state index is -0.819. The molecule has 2 nitrogen and oxygen atoms in total. The minimum Gasteiger partial charge on any atom is -0.478 e. The molecule has 1 aliphatic carbocycles. The number of carboxylic acid groups (broad SMARTS) is 1. The molecule has 2 heteroatoms. The van der Waals surface area contributed by atoms with Gasteiger partial charge in [0, 0.05) is 6.08 Å². The zero-order valence-corrected chi connectivity index (χ0v) is 7.12. The van der Waals surface area contributed by atoms with Crippen LogP contribution in [-0.4, -0.2) is 11.1 Å². The van der Waals surface area contributed by atoms with Gasteiger partial charge >= 0.3 is 5.97 Å². The second-order valence-electron chi connectivity index (χ2n) is 3.17. The first-order valence-electron chi connectivity index (χ1n) is 4.28. The van der Waals surface area contributed by atoms with E-state index in [1.807, 2.05) is 6.08 Å². The van der Waals surface area contributed by atoms with Gasteiger partial charge in [-0.1, -0.05) is 11.6 Å². The number of rotatable bonds is 3. The van der Waals surface area contributed by atoms with Crippen LogP contribution in [0.1, 0.15) is 25.7 Å². The molecule has 0 aromatic heterocycles. The highest BCUT2D eigenvalue weighted by Crippen LogP contribution is 2.33. The van der Waals surface area contributed by atoms with Gasteiger partial charge in [-0.2, -0.15) is 0 Å². The Balaban J connectivity index is 2.62. The summed E-state index contributed by atoms with van der Waals surface area (Å²) in [7, 11) is 0. The van der Waals surface area contributed by atoms with Crippen LogP contribution in [-0.2, 0) is 4.79 Å². The van der Waals surface area contributed by atoms with Crippen molar-refractivity contribution < 1.29 is 9.90 Å². The molecule has 66 valence electrons. The van der Waals surface area contributed by atoms with E-state index >= 15 is 0 Å². The minimum absolute atomic E-state index is 0.443. The van der Waals surface area contributed by atoms with E-state index in [1.54, 1.807) is 0 Å². The van der Waals surface area contributed by atoms with Gasteiger partial charge in [-0.15, -0.1) is 6.58 Å². The lowest BCUT2D eigenvalue weighted by Crippen LogP contribution is -1.98. The molecule has 1 rings (SSSR count). The van der Waals surface area contributed by atoms with Crippen molar-refractivity contribution in [2.24, 2.45) is 5.92 Å². The fraction of sp³-hybridized carbons (Fsp3) is 0.500. The molecule has 0 heterocycles. The predicted molar refractivity (Wildman–Crippen MR) is 47.9 cm³/mol. The Bertz CT molecular complexity index is 216. The van der Waals surface area contributed by atoms with Crippen LogP contribution in [0.4, 0.5) is 0 Å². The molecular formula is C10H14O2. The van der Waals surface area contributed by atoms with E-state index in [2.05, 4.69) is 6.58 Å². The normalized spacial score (nSPS) is 26.0. The molecule has 12 heavy (non-hydrogen) atoms. The third-order valence-electron chi connectivity index (χ3n) is 2.30. The summed E-state index contributed by atoms with van der Waals surface area (Å²) >= 11 is 0. The van der Waals surface area contributed by atoms with Gasteiger partial charge in [-0.3, -0.25) is 0 Å². The van der Waals surface area contributed by atoms with Crippen LogP contribution in [0.5, 0.6) is 0 Å². The summed E-state index contributed by atoms with van der Waals surface area (Å²) in [6.45, 7) is 3.66. The summed E-state index contributed by atoms with van der Waals surface area (Å²) in [5.41, 5.74) is 1.09. The van der Waals surface area contributed by atoms with Crippen molar-refractivity contribution in [3.8, 4) is 0 Å². The van der Waals surface area contributed by atoms with E-state index in [9.17, 15) is 4.79 Å². The maximum Gasteiger partial charge on any atom is 0.328 e. The lowest BCUT2D eigenvalue weighted by Gasteiger charge is -2.06. The topological polar surface area (TPSA) is 37.3 Å². The number of hydrogen-bond donors (Lipinski definition) is 1. The van der Waals surface area contributed by atoms with Gasteiger partial charge in [-0.05, 0) is 31.6 Å². The highest BCUT2D eigenvalue weighted by Gasteiger charge is 2.19. The Hall–Kier alpha value is -1.05. The average Bonchev–Trinajstić information content (AvgIpc) is 2.37. The van der Waals surface area contributed by atoms with E-state index in [0.29, 0.717) is 5.92 Å². The molecule has 1 aliphatic rings. The SMILES string of the molecule is C=CCC1CCC/C1=C\C(=O)O.